The minimum absolute atomic E-state index is 0.398. The standard InChI is InChI=1S/C17H30N4/c1-4-7-18-16(15-9-13-5-6-14(15)8-13)10-17-19-11-20-21(17)12(2)3/h11-16,18H,4-10H2,1-3H3. The van der Waals surface area contributed by atoms with E-state index in [0.29, 0.717) is 12.1 Å². The summed E-state index contributed by atoms with van der Waals surface area (Å²) in [5, 5.41) is 8.22. The van der Waals surface area contributed by atoms with Crippen molar-refractivity contribution in [1.29, 1.82) is 0 Å². The smallest absolute Gasteiger partial charge is 0.138 e. The first kappa shape index (κ1) is 15.0. The van der Waals surface area contributed by atoms with Gasteiger partial charge in [0.1, 0.15) is 12.2 Å². The highest BCUT2D eigenvalue weighted by atomic mass is 15.3. The van der Waals surface area contributed by atoms with Gasteiger partial charge in [-0.05, 0) is 63.8 Å². The molecule has 4 atom stereocenters. The summed E-state index contributed by atoms with van der Waals surface area (Å²) in [6.07, 6.45) is 9.79. The minimum atomic E-state index is 0.398. The molecule has 1 aromatic rings. The number of fused-ring (bicyclic) bond motifs is 2. The highest BCUT2D eigenvalue weighted by Crippen LogP contribution is 2.49. The van der Waals surface area contributed by atoms with Crippen LogP contribution in [-0.2, 0) is 6.42 Å². The van der Waals surface area contributed by atoms with Gasteiger partial charge in [-0.3, -0.25) is 0 Å². The first-order valence-corrected chi connectivity index (χ1v) is 8.80. The second-order valence-corrected chi connectivity index (χ2v) is 7.32. The lowest BCUT2D eigenvalue weighted by Gasteiger charge is -2.31. The first-order valence-electron chi connectivity index (χ1n) is 8.80. The predicted molar refractivity (Wildman–Crippen MR) is 85.1 cm³/mol. The van der Waals surface area contributed by atoms with E-state index in [1.54, 1.807) is 6.33 Å². The van der Waals surface area contributed by atoms with Gasteiger partial charge >= 0.3 is 0 Å². The van der Waals surface area contributed by atoms with Gasteiger partial charge < -0.3 is 5.32 Å². The number of hydrogen-bond donors (Lipinski definition) is 1. The van der Waals surface area contributed by atoms with E-state index in [2.05, 4.69) is 40.9 Å². The molecule has 0 spiro atoms. The fraction of sp³-hybridized carbons (Fsp3) is 0.882. The van der Waals surface area contributed by atoms with Crippen molar-refractivity contribution in [3.63, 3.8) is 0 Å². The Balaban J connectivity index is 1.71. The Labute approximate surface area is 128 Å². The van der Waals surface area contributed by atoms with Gasteiger partial charge in [-0.2, -0.15) is 5.10 Å². The Morgan fingerprint density at radius 2 is 2.19 bits per heavy atom. The molecule has 21 heavy (non-hydrogen) atoms. The molecule has 1 N–H and O–H groups in total. The Morgan fingerprint density at radius 3 is 2.81 bits per heavy atom. The molecule has 2 saturated carbocycles. The lowest BCUT2D eigenvalue weighted by Crippen LogP contribution is -2.41. The summed E-state index contributed by atoms with van der Waals surface area (Å²) in [5.41, 5.74) is 0. The van der Waals surface area contributed by atoms with Crippen molar-refractivity contribution in [2.75, 3.05) is 6.54 Å². The van der Waals surface area contributed by atoms with Crippen molar-refractivity contribution < 1.29 is 0 Å². The van der Waals surface area contributed by atoms with Crippen LogP contribution in [0.4, 0.5) is 0 Å². The van der Waals surface area contributed by atoms with E-state index in [9.17, 15) is 0 Å². The van der Waals surface area contributed by atoms with E-state index in [-0.39, 0.29) is 0 Å². The van der Waals surface area contributed by atoms with Crippen LogP contribution in [0.2, 0.25) is 0 Å². The molecule has 0 amide bonds. The van der Waals surface area contributed by atoms with Crippen LogP contribution in [0, 0.1) is 17.8 Å². The maximum Gasteiger partial charge on any atom is 0.138 e. The van der Waals surface area contributed by atoms with E-state index in [4.69, 9.17) is 0 Å². The largest absolute Gasteiger partial charge is 0.313 e. The Bertz CT molecular complexity index is 453. The molecule has 4 nitrogen and oxygen atoms in total. The van der Waals surface area contributed by atoms with Crippen LogP contribution < -0.4 is 5.32 Å². The fourth-order valence-electron chi connectivity index (χ4n) is 4.54. The van der Waals surface area contributed by atoms with Crippen LogP contribution in [0.1, 0.15) is 64.7 Å². The van der Waals surface area contributed by atoms with Crippen molar-refractivity contribution in [3.05, 3.63) is 12.2 Å². The summed E-state index contributed by atoms with van der Waals surface area (Å²) in [5.74, 6) is 3.97. The van der Waals surface area contributed by atoms with Gasteiger partial charge in [0.25, 0.3) is 0 Å². The Kier molecular flexibility index (Phi) is 4.63. The van der Waals surface area contributed by atoms with Crippen molar-refractivity contribution in [2.24, 2.45) is 17.8 Å². The molecule has 0 saturated heterocycles. The zero-order valence-electron chi connectivity index (χ0n) is 13.8. The third-order valence-electron chi connectivity index (χ3n) is 5.51. The zero-order chi connectivity index (χ0) is 14.8. The average molecular weight is 290 g/mol. The monoisotopic (exact) mass is 290 g/mol. The molecule has 2 bridgehead atoms. The molecular weight excluding hydrogens is 260 g/mol. The highest BCUT2D eigenvalue weighted by Gasteiger charge is 2.43. The summed E-state index contributed by atoms with van der Waals surface area (Å²) in [7, 11) is 0. The topological polar surface area (TPSA) is 42.7 Å². The molecule has 2 aliphatic rings. The summed E-state index contributed by atoms with van der Waals surface area (Å²) >= 11 is 0. The lowest BCUT2D eigenvalue weighted by atomic mass is 9.82. The second kappa shape index (κ2) is 6.47. The lowest BCUT2D eigenvalue weighted by molar-refractivity contribution is 0.242. The Hall–Kier alpha value is -0.900. The summed E-state index contributed by atoms with van der Waals surface area (Å²) < 4.78 is 2.09. The Morgan fingerprint density at radius 1 is 1.33 bits per heavy atom. The molecule has 3 rings (SSSR count). The molecule has 0 aliphatic heterocycles. The summed E-state index contributed by atoms with van der Waals surface area (Å²) in [4.78, 5) is 4.53. The number of hydrogen-bond acceptors (Lipinski definition) is 3. The molecule has 4 unspecified atom stereocenters. The van der Waals surface area contributed by atoms with E-state index in [0.717, 1.165) is 36.5 Å². The average Bonchev–Trinajstić information content (AvgIpc) is 3.18. The molecule has 2 fully saturated rings. The normalized spacial score (nSPS) is 29.4. The highest BCUT2D eigenvalue weighted by molar-refractivity contribution is 5.00. The van der Waals surface area contributed by atoms with E-state index >= 15 is 0 Å². The van der Waals surface area contributed by atoms with Crippen LogP contribution >= 0.6 is 0 Å². The minimum Gasteiger partial charge on any atom is -0.313 e. The van der Waals surface area contributed by atoms with Crippen LogP contribution in [0.25, 0.3) is 0 Å². The maximum absolute atomic E-state index is 4.53. The predicted octanol–water partition coefficient (Wildman–Crippen LogP) is 3.21. The maximum atomic E-state index is 4.53. The fourth-order valence-corrected chi connectivity index (χ4v) is 4.54. The van der Waals surface area contributed by atoms with Gasteiger partial charge in [0.2, 0.25) is 0 Å². The van der Waals surface area contributed by atoms with Gasteiger partial charge in [0, 0.05) is 18.5 Å². The van der Waals surface area contributed by atoms with Gasteiger partial charge in [0.05, 0.1) is 0 Å². The van der Waals surface area contributed by atoms with E-state index < -0.39 is 0 Å². The summed E-state index contributed by atoms with van der Waals surface area (Å²) in [6, 6.07) is 0.983. The van der Waals surface area contributed by atoms with E-state index in [1.165, 1.54) is 32.1 Å². The van der Waals surface area contributed by atoms with E-state index in [1.807, 2.05) is 0 Å². The van der Waals surface area contributed by atoms with Crippen LogP contribution in [0.15, 0.2) is 6.33 Å². The molecule has 1 heterocycles. The van der Waals surface area contributed by atoms with Crippen molar-refractivity contribution in [1.82, 2.24) is 20.1 Å². The number of nitrogens with one attached hydrogen (secondary N) is 1. The van der Waals surface area contributed by atoms with Crippen molar-refractivity contribution in [3.8, 4) is 0 Å². The van der Waals surface area contributed by atoms with Gasteiger partial charge in [0.15, 0.2) is 0 Å². The molecule has 2 aliphatic carbocycles. The molecule has 0 aromatic carbocycles. The third kappa shape index (κ3) is 3.15. The third-order valence-corrected chi connectivity index (χ3v) is 5.51. The van der Waals surface area contributed by atoms with Gasteiger partial charge in [-0.15, -0.1) is 0 Å². The summed E-state index contributed by atoms with van der Waals surface area (Å²) in [6.45, 7) is 7.74. The molecule has 0 radical (unpaired) electrons. The zero-order valence-corrected chi connectivity index (χ0v) is 13.8. The van der Waals surface area contributed by atoms with Gasteiger partial charge in [-0.1, -0.05) is 13.3 Å². The quantitative estimate of drug-likeness (QED) is 0.838. The number of rotatable bonds is 7. The van der Waals surface area contributed by atoms with Crippen LogP contribution in [-0.4, -0.2) is 27.4 Å². The molecular formula is C17H30N4. The van der Waals surface area contributed by atoms with Crippen molar-refractivity contribution >= 4 is 0 Å². The first-order chi connectivity index (χ1) is 10.2. The van der Waals surface area contributed by atoms with Gasteiger partial charge in [-0.25, -0.2) is 9.67 Å². The van der Waals surface area contributed by atoms with Crippen LogP contribution in [0.3, 0.4) is 0 Å². The molecule has 4 heteroatoms. The SMILES string of the molecule is CCCNC(Cc1ncnn1C(C)C)C1CC2CCC1C2. The van der Waals surface area contributed by atoms with Crippen LogP contribution in [0.5, 0.6) is 0 Å². The van der Waals surface area contributed by atoms with Crippen molar-refractivity contribution in [2.45, 2.75) is 71.4 Å². The second-order valence-electron chi connectivity index (χ2n) is 7.32. The number of nitrogens with zero attached hydrogens (tertiary/aromatic N) is 3. The number of aromatic nitrogens is 3. The molecule has 1 aromatic heterocycles. The molecule has 118 valence electrons.